The van der Waals surface area contributed by atoms with Gasteiger partial charge in [-0.3, -0.25) is 20.2 Å². The van der Waals surface area contributed by atoms with Gasteiger partial charge in [-0.25, -0.2) is 0 Å². The molecule has 22 heavy (non-hydrogen) atoms. The highest BCUT2D eigenvalue weighted by molar-refractivity contribution is 5.87. The number of unbranched alkanes of at least 4 members (excludes halogenated alkanes) is 2. The molecule has 0 aromatic rings. The summed E-state index contributed by atoms with van der Waals surface area (Å²) in [5.41, 5.74) is -2.70. The molecule has 1 rings (SSSR count). The molecule has 0 saturated carbocycles. The average molecular weight is 311 g/mol. The molecule has 0 fully saturated rings. The Labute approximate surface area is 127 Å². The Balaban J connectivity index is 3.51. The van der Waals surface area contributed by atoms with E-state index < -0.39 is 38.5 Å². The quantitative estimate of drug-likeness (QED) is 0.398. The lowest BCUT2D eigenvalue weighted by Gasteiger charge is -2.35. The van der Waals surface area contributed by atoms with E-state index in [9.17, 15) is 30.1 Å². The number of carbonyl (C=O) groups is 1. The van der Waals surface area contributed by atoms with Crippen LogP contribution in [-0.2, 0) is 4.79 Å². The van der Waals surface area contributed by atoms with E-state index in [2.05, 4.69) is 0 Å². The van der Waals surface area contributed by atoms with Crippen molar-refractivity contribution in [1.29, 1.82) is 0 Å². The Morgan fingerprint density at radius 1 is 1.32 bits per heavy atom. The molecule has 0 bridgehead atoms. The average Bonchev–Trinajstić information content (AvgIpc) is 2.41. The van der Waals surface area contributed by atoms with Crippen LogP contribution in [0.4, 0.5) is 0 Å². The molecule has 0 aliphatic heterocycles. The first-order chi connectivity index (χ1) is 10.2. The summed E-state index contributed by atoms with van der Waals surface area (Å²) in [5, 5.41) is 34.1. The summed E-state index contributed by atoms with van der Waals surface area (Å²) in [5.74, 6) is -2.60. The molecule has 0 saturated heterocycles. The fraction of sp³-hybridized carbons (Fsp3) is 0.643. The number of carboxylic acids is 1. The second-order valence-corrected chi connectivity index (χ2v) is 5.51. The Morgan fingerprint density at radius 2 is 1.91 bits per heavy atom. The minimum Gasteiger partial charge on any atom is -0.545 e. The van der Waals surface area contributed by atoms with Crippen LogP contribution in [0.25, 0.3) is 0 Å². The second-order valence-electron chi connectivity index (χ2n) is 5.51. The highest BCUT2D eigenvalue weighted by Crippen LogP contribution is 2.43. The van der Waals surface area contributed by atoms with E-state index in [1.54, 1.807) is 0 Å². The maximum absolute atomic E-state index is 11.7. The monoisotopic (exact) mass is 311 g/mol. The first-order valence-electron chi connectivity index (χ1n) is 7.13. The zero-order valence-corrected chi connectivity index (χ0v) is 12.8. The SMILES string of the molecule is CCCCCC1([N+](=O)[O-])C(C)=C([N+](=O)[O-])C=C(C(=O)[O-])C1C. The van der Waals surface area contributed by atoms with Crippen molar-refractivity contribution in [2.45, 2.75) is 52.0 Å². The molecule has 0 N–H and O–H groups in total. The van der Waals surface area contributed by atoms with Gasteiger partial charge in [0.2, 0.25) is 0 Å². The normalized spacial score (nSPS) is 24.9. The molecule has 0 amide bonds. The number of aliphatic carboxylic acids is 1. The fourth-order valence-corrected chi connectivity index (χ4v) is 3.04. The van der Waals surface area contributed by atoms with Crippen LogP contribution in [0.2, 0.25) is 0 Å². The van der Waals surface area contributed by atoms with Crippen molar-refractivity contribution < 1.29 is 19.7 Å². The van der Waals surface area contributed by atoms with Crippen LogP contribution in [0, 0.1) is 26.1 Å². The van der Waals surface area contributed by atoms with Crippen molar-refractivity contribution in [3.63, 3.8) is 0 Å². The van der Waals surface area contributed by atoms with Crippen LogP contribution in [0.5, 0.6) is 0 Å². The Morgan fingerprint density at radius 3 is 2.32 bits per heavy atom. The topological polar surface area (TPSA) is 126 Å². The smallest absolute Gasteiger partial charge is 0.275 e. The Hall–Kier alpha value is -2.25. The molecular weight excluding hydrogens is 292 g/mol. The van der Waals surface area contributed by atoms with Crippen molar-refractivity contribution in [3.8, 4) is 0 Å². The van der Waals surface area contributed by atoms with E-state index in [1.165, 1.54) is 13.8 Å². The van der Waals surface area contributed by atoms with Crippen LogP contribution < -0.4 is 5.11 Å². The first kappa shape index (κ1) is 17.8. The van der Waals surface area contributed by atoms with Gasteiger partial charge < -0.3 is 9.90 Å². The maximum atomic E-state index is 11.7. The van der Waals surface area contributed by atoms with Gasteiger partial charge >= 0.3 is 0 Å². The van der Waals surface area contributed by atoms with E-state index in [-0.39, 0.29) is 12.0 Å². The van der Waals surface area contributed by atoms with E-state index in [4.69, 9.17) is 0 Å². The molecular formula is C14H19N2O6-. The molecule has 8 heteroatoms. The first-order valence-corrected chi connectivity index (χ1v) is 7.13. The van der Waals surface area contributed by atoms with Crippen LogP contribution in [-0.4, -0.2) is 21.4 Å². The molecule has 8 nitrogen and oxygen atoms in total. The van der Waals surface area contributed by atoms with E-state index in [0.29, 0.717) is 6.42 Å². The second kappa shape index (κ2) is 6.67. The van der Waals surface area contributed by atoms with Gasteiger partial charge in [-0.05, 0) is 18.9 Å². The summed E-state index contributed by atoms with van der Waals surface area (Å²) < 4.78 is 0. The van der Waals surface area contributed by atoms with Crippen molar-refractivity contribution in [1.82, 2.24) is 0 Å². The largest absolute Gasteiger partial charge is 0.545 e. The molecule has 0 heterocycles. The number of carboxylic acid groups (broad SMARTS) is 1. The lowest BCUT2D eigenvalue weighted by molar-refractivity contribution is -0.570. The van der Waals surface area contributed by atoms with Crippen molar-refractivity contribution in [3.05, 3.63) is 43.1 Å². The van der Waals surface area contributed by atoms with Gasteiger partial charge in [0.15, 0.2) is 0 Å². The van der Waals surface area contributed by atoms with Gasteiger partial charge in [0, 0.05) is 17.4 Å². The van der Waals surface area contributed by atoms with Crippen LogP contribution in [0.3, 0.4) is 0 Å². The third kappa shape index (κ3) is 2.86. The van der Waals surface area contributed by atoms with Crippen molar-refractivity contribution in [2.75, 3.05) is 0 Å². The summed E-state index contributed by atoms with van der Waals surface area (Å²) in [6, 6.07) is 0. The molecule has 1 aliphatic rings. The molecule has 2 atom stereocenters. The Bertz CT molecular complexity index is 566. The zero-order chi connectivity index (χ0) is 17.1. The molecule has 0 spiro atoms. The standard InChI is InChI=1S/C14H20N2O6/c1-4-5-6-7-14(16(21)22)9(2)11(13(17)18)8-12(10(14)3)15(19)20/h8-9H,4-7H2,1-3H3,(H,17,18)/p-1. The number of rotatable bonds is 7. The van der Waals surface area contributed by atoms with E-state index in [0.717, 1.165) is 18.9 Å². The highest BCUT2D eigenvalue weighted by Gasteiger charge is 2.56. The summed E-state index contributed by atoms with van der Waals surface area (Å²) >= 11 is 0. The summed E-state index contributed by atoms with van der Waals surface area (Å²) in [6.45, 7) is 4.68. The molecule has 0 aromatic heterocycles. The summed E-state index contributed by atoms with van der Waals surface area (Å²) in [4.78, 5) is 32.8. The lowest BCUT2D eigenvalue weighted by atomic mass is 9.69. The van der Waals surface area contributed by atoms with Crippen LogP contribution >= 0.6 is 0 Å². The van der Waals surface area contributed by atoms with Crippen molar-refractivity contribution in [2.24, 2.45) is 5.92 Å². The summed E-state index contributed by atoms with van der Waals surface area (Å²) in [7, 11) is 0. The Kier molecular flexibility index (Phi) is 5.40. The van der Waals surface area contributed by atoms with Gasteiger partial charge in [0.25, 0.3) is 11.2 Å². The van der Waals surface area contributed by atoms with E-state index >= 15 is 0 Å². The predicted molar refractivity (Wildman–Crippen MR) is 75.8 cm³/mol. The van der Waals surface area contributed by atoms with Crippen molar-refractivity contribution >= 4 is 5.97 Å². The maximum Gasteiger partial charge on any atom is 0.275 e. The van der Waals surface area contributed by atoms with Gasteiger partial charge in [-0.2, -0.15) is 0 Å². The van der Waals surface area contributed by atoms with Gasteiger partial charge in [0.1, 0.15) is 0 Å². The summed E-state index contributed by atoms with van der Waals surface area (Å²) in [6.07, 6.45) is 2.99. The molecule has 0 aromatic carbocycles. The number of nitro groups is 2. The minimum absolute atomic E-state index is 0.00361. The fourth-order valence-electron chi connectivity index (χ4n) is 3.04. The van der Waals surface area contributed by atoms with Gasteiger partial charge in [0.05, 0.1) is 22.4 Å². The van der Waals surface area contributed by atoms with Crippen LogP contribution in [0.1, 0.15) is 46.5 Å². The predicted octanol–water partition coefficient (Wildman–Crippen LogP) is 1.46. The third-order valence-corrected chi connectivity index (χ3v) is 4.43. The third-order valence-electron chi connectivity index (χ3n) is 4.43. The number of hydrogen-bond acceptors (Lipinski definition) is 6. The van der Waals surface area contributed by atoms with Crippen LogP contribution in [0.15, 0.2) is 22.9 Å². The van der Waals surface area contributed by atoms with Gasteiger partial charge in [-0.15, -0.1) is 0 Å². The number of nitrogens with zero attached hydrogens (tertiary/aromatic N) is 2. The zero-order valence-electron chi connectivity index (χ0n) is 12.8. The molecule has 0 radical (unpaired) electrons. The highest BCUT2D eigenvalue weighted by atomic mass is 16.6. The molecule has 1 aliphatic carbocycles. The lowest BCUT2D eigenvalue weighted by Crippen LogP contribution is -2.51. The number of allylic oxidation sites excluding steroid dienone is 1. The number of carbonyl (C=O) groups excluding carboxylic acids is 1. The van der Waals surface area contributed by atoms with E-state index in [1.807, 2.05) is 6.92 Å². The molecule has 122 valence electrons. The number of hydrogen-bond donors (Lipinski definition) is 0. The van der Waals surface area contributed by atoms with Gasteiger partial charge in [-0.1, -0.05) is 26.7 Å². The minimum atomic E-state index is -1.78. The molecule has 2 unspecified atom stereocenters.